The van der Waals surface area contributed by atoms with Crippen LogP contribution in [0.1, 0.15) is 22.3 Å². The maximum Gasteiger partial charge on any atom is 0.286 e. The topological polar surface area (TPSA) is 99.9 Å². The third-order valence-corrected chi connectivity index (χ3v) is 3.43. The first-order valence-electron chi connectivity index (χ1n) is 6.15. The number of para-hydroxylation sites is 1. The van der Waals surface area contributed by atoms with E-state index >= 15 is 0 Å². The van der Waals surface area contributed by atoms with Crippen molar-refractivity contribution in [3.8, 4) is 11.8 Å². The number of hydrogen-bond acceptors (Lipinski definition) is 7. The molecule has 1 aromatic carbocycles. The van der Waals surface area contributed by atoms with Crippen LogP contribution in [0, 0.1) is 11.3 Å². The van der Waals surface area contributed by atoms with Crippen LogP contribution in [0.2, 0.25) is 0 Å². The van der Waals surface area contributed by atoms with Gasteiger partial charge in [-0.1, -0.05) is 17.4 Å². The summed E-state index contributed by atoms with van der Waals surface area (Å²) in [6.07, 6.45) is 0. The van der Waals surface area contributed by atoms with Gasteiger partial charge in [-0.15, -0.1) is 10.2 Å². The molecule has 0 aliphatic heterocycles. The smallest absolute Gasteiger partial charge is 0.286 e. The summed E-state index contributed by atoms with van der Waals surface area (Å²) in [5.74, 6) is -0.0172. The summed E-state index contributed by atoms with van der Waals surface area (Å²) in [5, 5.41) is 23.2. The molecule has 0 aliphatic carbocycles. The number of nitriles is 1. The lowest BCUT2D eigenvalue weighted by Gasteiger charge is -2.10. The SMILES string of the molecule is CCNc1nnc(C(=O)Nc2c(C#N)cccc2OC)s1. The zero-order chi connectivity index (χ0) is 15.2. The molecule has 0 saturated carbocycles. The van der Waals surface area contributed by atoms with Crippen molar-refractivity contribution >= 4 is 28.1 Å². The van der Waals surface area contributed by atoms with E-state index in [9.17, 15) is 4.79 Å². The van der Waals surface area contributed by atoms with Gasteiger partial charge in [-0.25, -0.2) is 0 Å². The molecule has 7 nitrogen and oxygen atoms in total. The average Bonchev–Trinajstić information content (AvgIpc) is 2.96. The molecule has 0 unspecified atom stereocenters. The molecule has 1 aromatic heterocycles. The normalized spacial score (nSPS) is 9.76. The van der Waals surface area contributed by atoms with E-state index in [1.54, 1.807) is 18.2 Å². The lowest BCUT2D eigenvalue weighted by molar-refractivity contribution is 0.102. The molecule has 21 heavy (non-hydrogen) atoms. The van der Waals surface area contributed by atoms with E-state index in [-0.39, 0.29) is 5.01 Å². The van der Waals surface area contributed by atoms with Crippen LogP contribution in [-0.4, -0.2) is 29.8 Å². The van der Waals surface area contributed by atoms with Crippen LogP contribution in [0.25, 0.3) is 0 Å². The predicted molar refractivity (Wildman–Crippen MR) is 79.7 cm³/mol. The number of rotatable bonds is 5. The lowest BCUT2D eigenvalue weighted by atomic mass is 10.2. The average molecular weight is 303 g/mol. The first-order valence-corrected chi connectivity index (χ1v) is 6.97. The molecule has 8 heteroatoms. The van der Waals surface area contributed by atoms with Gasteiger partial charge in [-0.05, 0) is 19.1 Å². The van der Waals surface area contributed by atoms with Crippen molar-refractivity contribution in [2.24, 2.45) is 0 Å². The van der Waals surface area contributed by atoms with Crippen molar-refractivity contribution in [3.05, 3.63) is 28.8 Å². The fourth-order valence-electron chi connectivity index (χ4n) is 1.63. The third kappa shape index (κ3) is 3.27. The van der Waals surface area contributed by atoms with Crippen LogP contribution in [0.15, 0.2) is 18.2 Å². The van der Waals surface area contributed by atoms with E-state index in [4.69, 9.17) is 10.00 Å². The quantitative estimate of drug-likeness (QED) is 0.877. The fraction of sp³-hybridized carbons (Fsp3) is 0.231. The highest BCUT2D eigenvalue weighted by Gasteiger charge is 2.17. The summed E-state index contributed by atoms with van der Waals surface area (Å²) in [5.41, 5.74) is 0.645. The van der Waals surface area contributed by atoms with E-state index in [0.717, 1.165) is 11.3 Å². The summed E-state index contributed by atoms with van der Waals surface area (Å²) in [7, 11) is 1.47. The minimum absolute atomic E-state index is 0.209. The molecule has 108 valence electrons. The monoisotopic (exact) mass is 303 g/mol. The highest BCUT2D eigenvalue weighted by Crippen LogP contribution is 2.28. The van der Waals surface area contributed by atoms with Crippen molar-refractivity contribution in [2.75, 3.05) is 24.3 Å². The molecule has 0 aliphatic rings. The summed E-state index contributed by atoms with van der Waals surface area (Å²) in [6.45, 7) is 2.62. The van der Waals surface area contributed by atoms with Crippen molar-refractivity contribution < 1.29 is 9.53 Å². The number of amides is 1. The summed E-state index contributed by atoms with van der Waals surface area (Å²) in [4.78, 5) is 12.2. The molecule has 2 rings (SSSR count). The minimum atomic E-state index is -0.433. The second-order valence-electron chi connectivity index (χ2n) is 3.89. The third-order valence-electron chi connectivity index (χ3n) is 2.55. The zero-order valence-corrected chi connectivity index (χ0v) is 12.3. The van der Waals surface area contributed by atoms with Gasteiger partial charge in [0.25, 0.3) is 5.91 Å². The molecule has 0 spiro atoms. The Balaban J connectivity index is 2.25. The summed E-state index contributed by atoms with van der Waals surface area (Å²) in [6, 6.07) is 6.96. The van der Waals surface area contributed by atoms with Crippen LogP contribution in [0.5, 0.6) is 5.75 Å². The Morgan fingerprint density at radius 3 is 2.95 bits per heavy atom. The van der Waals surface area contributed by atoms with Gasteiger partial charge in [0, 0.05) is 6.54 Å². The van der Waals surface area contributed by atoms with Crippen molar-refractivity contribution in [3.63, 3.8) is 0 Å². The number of anilines is 2. The predicted octanol–water partition coefficient (Wildman–Crippen LogP) is 2.10. The number of nitrogens with one attached hydrogen (secondary N) is 2. The summed E-state index contributed by atoms with van der Waals surface area (Å²) < 4.78 is 5.16. The van der Waals surface area contributed by atoms with Gasteiger partial charge >= 0.3 is 0 Å². The van der Waals surface area contributed by atoms with Crippen LogP contribution >= 0.6 is 11.3 Å². The second kappa shape index (κ2) is 6.67. The number of benzene rings is 1. The highest BCUT2D eigenvalue weighted by molar-refractivity contribution is 7.17. The van der Waals surface area contributed by atoms with Crippen LogP contribution in [0.3, 0.4) is 0 Å². The van der Waals surface area contributed by atoms with Crippen molar-refractivity contribution in [1.82, 2.24) is 10.2 Å². The van der Waals surface area contributed by atoms with Crippen molar-refractivity contribution in [1.29, 1.82) is 5.26 Å². The Morgan fingerprint density at radius 2 is 2.29 bits per heavy atom. The molecule has 2 aromatic rings. The molecule has 2 N–H and O–H groups in total. The number of nitrogens with zero attached hydrogens (tertiary/aromatic N) is 3. The first kappa shape index (κ1) is 14.7. The first-order chi connectivity index (χ1) is 10.2. The molecule has 1 amide bonds. The number of ether oxygens (including phenoxy) is 1. The lowest BCUT2D eigenvalue weighted by Crippen LogP contribution is -2.13. The van der Waals surface area contributed by atoms with Gasteiger partial charge < -0.3 is 15.4 Å². The number of carbonyl (C=O) groups is 1. The standard InChI is InChI=1S/C13H13N5O2S/c1-3-15-13-18-17-12(21-13)11(19)16-10-8(7-14)5-4-6-9(10)20-2/h4-6H,3H2,1-2H3,(H,15,18)(H,16,19). The van der Waals surface area contributed by atoms with Gasteiger partial charge in [0.2, 0.25) is 10.1 Å². The van der Waals surface area contributed by atoms with Gasteiger partial charge in [0.05, 0.1) is 12.7 Å². The maximum absolute atomic E-state index is 12.2. The minimum Gasteiger partial charge on any atom is -0.495 e. The Labute approximate surface area is 125 Å². The van der Waals surface area contributed by atoms with Crippen molar-refractivity contribution in [2.45, 2.75) is 6.92 Å². The largest absolute Gasteiger partial charge is 0.495 e. The maximum atomic E-state index is 12.2. The fourth-order valence-corrected chi connectivity index (χ4v) is 2.33. The molecular weight excluding hydrogens is 290 g/mol. The van der Waals surface area contributed by atoms with Crippen LogP contribution in [0.4, 0.5) is 10.8 Å². The number of hydrogen-bond donors (Lipinski definition) is 2. The van der Waals surface area contributed by atoms with Gasteiger partial charge in [-0.2, -0.15) is 5.26 Å². The molecule has 0 fully saturated rings. The van der Waals surface area contributed by atoms with Gasteiger partial charge in [0.1, 0.15) is 17.5 Å². The Kier molecular flexibility index (Phi) is 4.68. The van der Waals surface area contributed by atoms with E-state index in [2.05, 4.69) is 20.8 Å². The molecule has 0 saturated heterocycles. The van der Waals surface area contributed by atoms with Gasteiger partial charge in [0.15, 0.2) is 0 Å². The number of carbonyl (C=O) groups excluding carboxylic acids is 1. The summed E-state index contributed by atoms with van der Waals surface area (Å²) >= 11 is 1.14. The van der Waals surface area contributed by atoms with E-state index in [1.165, 1.54) is 7.11 Å². The zero-order valence-electron chi connectivity index (χ0n) is 11.5. The molecule has 1 heterocycles. The van der Waals surface area contributed by atoms with E-state index in [1.807, 2.05) is 13.0 Å². The molecular formula is C13H13N5O2S. The number of aromatic nitrogens is 2. The van der Waals surface area contributed by atoms with Gasteiger partial charge in [-0.3, -0.25) is 4.79 Å². The van der Waals surface area contributed by atoms with E-state index in [0.29, 0.717) is 28.7 Å². The number of methoxy groups -OCH3 is 1. The Bertz CT molecular complexity index is 692. The highest BCUT2D eigenvalue weighted by atomic mass is 32.1. The Morgan fingerprint density at radius 1 is 1.48 bits per heavy atom. The molecule has 0 atom stereocenters. The van der Waals surface area contributed by atoms with Crippen LogP contribution < -0.4 is 15.4 Å². The Hall–Kier alpha value is -2.66. The van der Waals surface area contributed by atoms with Crippen LogP contribution in [-0.2, 0) is 0 Å². The second-order valence-corrected chi connectivity index (χ2v) is 4.87. The molecule has 0 bridgehead atoms. The van der Waals surface area contributed by atoms with E-state index < -0.39 is 5.91 Å². The molecule has 0 radical (unpaired) electrons.